The predicted molar refractivity (Wildman–Crippen MR) is 48.9 cm³/mol. The number of hydrogen-bond acceptors (Lipinski definition) is 3. The Morgan fingerprint density at radius 3 is 2.77 bits per heavy atom. The van der Waals surface area contributed by atoms with Crippen molar-refractivity contribution in [2.24, 2.45) is 5.92 Å². The zero-order valence-corrected chi connectivity index (χ0v) is 7.77. The predicted octanol–water partition coefficient (Wildman–Crippen LogP) is 1.48. The van der Waals surface area contributed by atoms with Gasteiger partial charge in [-0.1, -0.05) is 6.92 Å². The largest absolute Gasteiger partial charge is 0.383 e. The van der Waals surface area contributed by atoms with Crippen LogP contribution in [0, 0.1) is 5.92 Å². The highest BCUT2D eigenvalue weighted by atomic mass is 16.3. The monoisotopic (exact) mass is 178 g/mol. The fraction of sp³-hybridized carbons (Fsp3) is 0.600. The molecule has 1 atom stereocenters. The van der Waals surface area contributed by atoms with Crippen molar-refractivity contribution in [3.05, 3.63) is 24.3 Å². The van der Waals surface area contributed by atoms with Gasteiger partial charge in [0.05, 0.1) is 11.9 Å². The van der Waals surface area contributed by atoms with E-state index in [1.807, 2.05) is 6.92 Å². The van der Waals surface area contributed by atoms with Crippen LogP contribution in [0.25, 0.3) is 0 Å². The molecular formula is C10H14N2O. The Morgan fingerprint density at radius 2 is 2.31 bits per heavy atom. The molecule has 2 rings (SSSR count). The van der Waals surface area contributed by atoms with Crippen LogP contribution < -0.4 is 0 Å². The summed E-state index contributed by atoms with van der Waals surface area (Å²) in [5.41, 5.74) is -0.00569. The maximum absolute atomic E-state index is 10.3. The van der Waals surface area contributed by atoms with Gasteiger partial charge in [-0.25, -0.2) is 0 Å². The third kappa shape index (κ3) is 1.44. The lowest BCUT2D eigenvalue weighted by molar-refractivity contribution is 0.00428. The van der Waals surface area contributed by atoms with Crippen molar-refractivity contribution in [1.82, 2.24) is 9.97 Å². The summed E-state index contributed by atoms with van der Waals surface area (Å²) in [6.07, 6.45) is 7.88. The van der Waals surface area contributed by atoms with Gasteiger partial charge in [-0.15, -0.1) is 0 Å². The van der Waals surface area contributed by atoms with Crippen LogP contribution in [0.4, 0.5) is 0 Å². The molecule has 70 valence electrons. The van der Waals surface area contributed by atoms with Gasteiger partial charge in [0.2, 0.25) is 0 Å². The molecule has 13 heavy (non-hydrogen) atoms. The van der Waals surface area contributed by atoms with Gasteiger partial charge in [0, 0.05) is 12.4 Å². The molecule has 0 amide bonds. The summed E-state index contributed by atoms with van der Waals surface area (Å²) in [7, 11) is 0. The van der Waals surface area contributed by atoms with Crippen LogP contribution in [0.1, 0.15) is 31.9 Å². The number of hydrogen-bond donors (Lipinski definition) is 1. The molecule has 1 saturated carbocycles. The van der Waals surface area contributed by atoms with E-state index in [0.29, 0.717) is 5.92 Å². The van der Waals surface area contributed by atoms with Crippen LogP contribution in [0.5, 0.6) is 0 Å². The molecule has 1 fully saturated rings. The van der Waals surface area contributed by atoms with Gasteiger partial charge in [-0.3, -0.25) is 9.97 Å². The number of aliphatic hydroxyl groups is 1. The van der Waals surface area contributed by atoms with Crippen LogP contribution in [0.3, 0.4) is 0 Å². The van der Waals surface area contributed by atoms with Gasteiger partial charge in [0.25, 0.3) is 0 Å². The lowest BCUT2D eigenvalue weighted by atomic mass is 9.91. The number of nitrogens with zero attached hydrogens (tertiary/aromatic N) is 2. The minimum atomic E-state index is -0.728. The molecule has 0 aliphatic heterocycles. The van der Waals surface area contributed by atoms with Crippen LogP contribution in [-0.4, -0.2) is 15.1 Å². The average molecular weight is 178 g/mol. The van der Waals surface area contributed by atoms with Crippen molar-refractivity contribution in [3.63, 3.8) is 0 Å². The van der Waals surface area contributed by atoms with E-state index >= 15 is 0 Å². The quantitative estimate of drug-likeness (QED) is 0.762. The maximum Gasteiger partial charge on any atom is 0.111 e. The number of rotatable bonds is 3. The first-order valence-electron chi connectivity index (χ1n) is 4.76. The van der Waals surface area contributed by atoms with Gasteiger partial charge in [0.15, 0.2) is 0 Å². The van der Waals surface area contributed by atoms with Crippen molar-refractivity contribution in [2.45, 2.75) is 31.8 Å². The summed E-state index contributed by atoms with van der Waals surface area (Å²) in [4.78, 5) is 8.16. The Hall–Kier alpha value is -0.960. The van der Waals surface area contributed by atoms with E-state index in [4.69, 9.17) is 0 Å². The molecule has 1 aliphatic carbocycles. The first-order valence-corrected chi connectivity index (χ1v) is 4.76. The molecule has 1 aliphatic rings. The lowest BCUT2D eigenvalue weighted by Crippen LogP contribution is -2.28. The van der Waals surface area contributed by atoms with Crippen molar-refractivity contribution in [3.8, 4) is 0 Å². The number of aromatic nitrogens is 2. The molecule has 1 aromatic rings. The summed E-state index contributed by atoms with van der Waals surface area (Å²) in [6.45, 7) is 1.99. The Kier molecular flexibility index (Phi) is 2.04. The lowest BCUT2D eigenvalue weighted by Gasteiger charge is -2.25. The molecule has 0 radical (unpaired) electrons. The van der Waals surface area contributed by atoms with E-state index < -0.39 is 5.60 Å². The summed E-state index contributed by atoms with van der Waals surface area (Å²) >= 11 is 0. The third-order valence-corrected chi connectivity index (χ3v) is 2.80. The molecular weight excluding hydrogens is 164 g/mol. The van der Waals surface area contributed by atoms with E-state index in [1.165, 1.54) is 0 Å². The smallest absolute Gasteiger partial charge is 0.111 e. The molecule has 0 saturated heterocycles. The topological polar surface area (TPSA) is 46.0 Å². The second-order valence-corrected chi connectivity index (χ2v) is 3.64. The summed E-state index contributed by atoms with van der Waals surface area (Å²) in [6, 6.07) is 0. The molecule has 0 bridgehead atoms. The first kappa shape index (κ1) is 8.63. The summed E-state index contributed by atoms with van der Waals surface area (Å²) in [5.74, 6) is 0.397. The minimum Gasteiger partial charge on any atom is -0.383 e. The zero-order chi connectivity index (χ0) is 9.31. The third-order valence-electron chi connectivity index (χ3n) is 2.80. The zero-order valence-electron chi connectivity index (χ0n) is 7.77. The van der Waals surface area contributed by atoms with E-state index in [2.05, 4.69) is 9.97 Å². The van der Waals surface area contributed by atoms with Gasteiger partial charge < -0.3 is 5.11 Å². The maximum atomic E-state index is 10.3. The molecule has 1 unspecified atom stereocenters. The van der Waals surface area contributed by atoms with Gasteiger partial charge in [-0.2, -0.15) is 0 Å². The second kappa shape index (κ2) is 3.07. The van der Waals surface area contributed by atoms with E-state index in [-0.39, 0.29) is 0 Å². The Labute approximate surface area is 77.8 Å². The fourth-order valence-electron chi connectivity index (χ4n) is 1.76. The van der Waals surface area contributed by atoms with Crippen molar-refractivity contribution in [2.75, 3.05) is 0 Å². The van der Waals surface area contributed by atoms with E-state index in [1.54, 1.807) is 18.6 Å². The fourth-order valence-corrected chi connectivity index (χ4v) is 1.76. The SMILES string of the molecule is CCC(O)(c1cnccn1)C1CC1. The van der Waals surface area contributed by atoms with Crippen molar-refractivity contribution >= 4 is 0 Å². The molecule has 1 N–H and O–H groups in total. The van der Waals surface area contributed by atoms with Crippen molar-refractivity contribution < 1.29 is 5.11 Å². The molecule has 1 heterocycles. The van der Waals surface area contributed by atoms with Gasteiger partial charge >= 0.3 is 0 Å². The van der Waals surface area contributed by atoms with Crippen LogP contribution in [0.2, 0.25) is 0 Å². The minimum absolute atomic E-state index is 0.397. The summed E-state index contributed by atoms with van der Waals surface area (Å²) < 4.78 is 0. The highest BCUT2D eigenvalue weighted by molar-refractivity contribution is 5.12. The highest BCUT2D eigenvalue weighted by Crippen LogP contribution is 2.46. The Morgan fingerprint density at radius 1 is 1.54 bits per heavy atom. The second-order valence-electron chi connectivity index (χ2n) is 3.64. The Bertz CT molecular complexity index is 284. The van der Waals surface area contributed by atoms with Crippen LogP contribution >= 0.6 is 0 Å². The Balaban J connectivity index is 2.30. The first-order chi connectivity index (χ1) is 6.27. The standard InChI is InChI=1S/C10H14N2O/c1-2-10(13,8-3-4-8)9-7-11-5-6-12-9/h5-8,13H,2-4H2,1H3. The molecule has 3 nitrogen and oxygen atoms in total. The summed E-state index contributed by atoms with van der Waals surface area (Å²) in [5, 5.41) is 10.3. The highest BCUT2D eigenvalue weighted by Gasteiger charge is 2.44. The van der Waals surface area contributed by atoms with E-state index in [9.17, 15) is 5.11 Å². The van der Waals surface area contributed by atoms with Gasteiger partial charge in [0.1, 0.15) is 5.60 Å². The van der Waals surface area contributed by atoms with Crippen LogP contribution in [-0.2, 0) is 5.60 Å². The van der Waals surface area contributed by atoms with Crippen LogP contribution in [0.15, 0.2) is 18.6 Å². The average Bonchev–Trinajstić information content (AvgIpc) is 3.02. The van der Waals surface area contributed by atoms with Gasteiger partial charge in [-0.05, 0) is 25.2 Å². The molecule has 1 aromatic heterocycles. The molecule has 0 aromatic carbocycles. The molecule has 0 spiro atoms. The molecule has 3 heteroatoms. The normalized spacial score (nSPS) is 21.1. The van der Waals surface area contributed by atoms with Crippen molar-refractivity contribution in [1.29, 1.82) is 0 Å². The van der Waals surface area contributed by atoms with E-state index in [0.717, 1.165) is 25.0 Å².